The first-order chi connectivity index (χ1) is 19.6. The molecule has 0 aromatic heterocycles. The van der Waals surface area contributed by atoms with Crippen molar-refractivity contribution in [3.05, 3.63) is 64.7 Å². The van der Waals surface area contributed by atoms with Gasteiger partial charge in [-0.15, -0.1) is 0 Å². The van der Waals surface area contributed by atoms with E-state index in [-0.39, 0.29) is 31.6 Å². The van der Waals surface area contributed by atoms with E-state index in [0.29, 0.717) is 24.2 Å². The molecule has 2 N–H and O–H groups in total. The Labute approximate surface area is 242 Å². The van der Waals surface area contributed by atoms with Gasteiger partial charge in [-0.25, -0.2) is 4.79 Å². The molecule has 42 heavy (non-hydrogen) atoms. The van der Waals surface area contributed by atoms with Crippen LogP contribution in [-0.2, 0) is 33.5 Å². The highest BCUT2D eigenvalue weighted by Crippen LogP contribution is 2.31. The molecular weight excluding hydrogens is 555 g/mol. The number of rotatable bonds is 11. The summed E-state index contributed by atoms with van der Waals surface area (Å²) in [5.41, 5.74) is 0.431. The number of hydrogen-bond donors (Lipinski definition) is 2. The van der Waals surface area contributed by atoms with Crippen LogP contribution in [0.2, 0.25) is 0 Å². The second-order valence-corrected chi connectivity index (χ2v) is 11.1. The van der Waals surface area contributed by atoms with E-state index in [1.54, 1.807) is 39.0 Å². The second-order valence-electron chi connectivity index (χ2n) is 11.1. The number of carbonyl (C=O) groups is 4. The third kappa shape index (κ3) is 9.49. The number of fused-ring (bicyclic) bond motifs is 1. The maximum atomic E-state index is 13.5. The lowest BCUT2D eigenvalue weighted by Gasteiger charge is -2.23. The number of halogens is 3. The number of carbonyl (C=O) groups excluding carboxylic acids is 3. The third-order valence-electron chi connectivity index (χ3n) is 6.52. The van der Waals surface area contributed by atoms with Gasteiger partial charge >= 0.3 is 18.2 Å². The van der Waals surface area contributed by atoms with E-state index in [9.17, 15) is 32.3 Å². The molecule has 1 heterocycles. The van der Waals surface area contributed by atoms with Gasteiger partial charge in [-0.05, 0) is 75.4 Å². The van der Waals surface area contributed by atoms with Gasteiger partial charge in [-0.3, -0.25) is 14.4 Å². The molecule has 2 aromatic rings. The summed E-state index contributed by atoms with van der Waals surface area (Å²) >= 11 is 0. The zero-order valence-corrected chi connectivity index (χ0v) is 23.9. The fourth-order valence-corrected chi connectivity index (χ4v) is 4.47. The zero-order valence-electron chi connectivity index (χ0n) is 23.9. The molecule has 0 spiro atoms. The molecule has 0 bridgehead atoms. The first-order valence-corrected chi connectivity index (χ1v) is 13.7. The molecule has 9 nitrogen and oxygen atoms in total. The number of alkyl carbamates (subject to hydrolysis) is 1. The van der Waals surface area contributed by atoms with Gasteiger partial charge in [-0.1, -0.05) is 24.6 Å². The molecule has 0 aliphatic carbocycles. The lowest BCUT2D eigenvalue weighted by atomic mass is 10.0. The molecule has 12 heteroatoms. The normalized spacial score (nSPS) is 14.0. The molecule has 1 aliphatic heterocycles. The van der Waals surface area contributed by atoms with Gasteiger partial charge < -0.3 is 25.0 Å². The number of carboxylic acids is 1. The fraction of sp³-hybridized carbons (Fsp3) is 0.467. The largest absolute Gasteiger partial charge is 0.481 e. The van der Waals surface area contributed by atoms with E-state index in [1.165, 1.54) is 21.9 Å². The first kappa shape index (κ1) is 32.4. The highest BCUT2D eigenvalue weighted by atomic mass is 19.4. The van der Waals surface area contributed by atoms with Crippen LogP contribution >= 0.6 is 0 Å². The molecule has 3 amide bonds. The predicted molar refractivity (Wildman–Crippen MR) is 149 cm³/mol. The maximum Gasteiger partial charge on any atom is 0.416 e. The van der Waals surface area contributed by atoms with Crippen LogP contribution in [0.5, 0.6) is 0 Å². The summed E-state index contributed by atoms with van der Waals surface area (Å²) in [6.07, 6.45) is -2.41. The number of anilines is 1. The Bertz CT molecular complexity index is 1290. The number of amides is 3. The van der Waals surface area contributed by atoms with Crippen LogP contribution in [0.1, 0.15) is 73.5 Å². The molecule has 0 unspecified atom stereocenters. The van der Waals surface area contributed by atoms with Crippen molar-refractivity contribution in [1.82, 2.24) is 10.2 Å². The molecule has 0 fully saturated rings. The number of ether oxygens (including phenoxy) is 1. The minimum Gasteiger partial charge on any atom is -0.481 e. The number of hydrogen-bond acceptors (Lipinski definition) is 5. The Balaban J connectivity index is 1.74. The van der Waals surface area contributed by atoms with Crippen LogP contribution in [0.3, 0.4) is 0 Å². The molecule has 0 saturated heterocycles. The quantitative estimate of drug-likeness (QED) is 0.338. The van der Waals surface area contributed by atoms with Crippen LogP contribution in [0.4, 0.5) is 23.7 Å². The number of unbranched alkanes of at least 4 members (excludes halogenated alkanes) is 2. The number of benzene rings is 2. The summed E-state index contributed by atoms with van der Waals surface area (Å²) in [4.78, 5) is 52.2. The SMILES string of the molecule is CC(C)(C)OC(=O)NCCCCCc1ccc2c(c1)C(=O)N(CCC(=O)O)CC(=O)N2Cc1ccc(C(F)(F)F)cc1. The van der Waals surface area contributed by atoms with E-state index in [2.05, 4.69) is 5.32 Å². The standard InChI is InChI=1S/C30H36F3N3O6/c1-29(2,3)42-28(41)34-15-6-4-5-7-20-10-13-24-23(17-20)27(40)35(16-14-26(38)39)19-25(37)36(24)18-21-8-11-22(12-9-21)30(31,32)33/h8-13,17H,4-7,14-16,18-19H2,1-3H3,(H,34,41)(H,38,39). The van der Waals surface area contributed by atoms with E-state index in [4.69, 9.17) is 9.84 Å². The summed E-state index contributed by atoms with van der Waals surface area (Å²) in [7, 11) is 0. The minimum absolute atomic E-state index is 0.0615. The van der Waals surface area contributed by atoms with Crippen LogP contribution in [0, 0.1) is 0 Å². The van der Waals surface area contributed by atoms with Gasteiger partial charge in [0.1, 0.15) is 12.1 Å². The molecule has 3 rings (SSSR count). The van der Waals surface area contributed by atoms with Gasteiger partial charge in [0.25, 0.3) is 5.91 Å². The monoisotopic (exact) mass is 591 g/mol. The smallest absolute Gasteiger partial charge is 0.416 e. The van der Waals surface area contributed by atoms with Crippen molar-refractivity contribution in [2.45, 2.75) is 71.2 Å². The minimum atomic E-state index is -4.49. The Hall–Kier alpha value is -4.09. The van der Waals surface area contributed by atoms with Crippen molar-refractivity contribution in [3.63, 3.8) is 0 Å². The lowest BCUT2D eigenvalue weighted by Crippen LogP contribution is -2.40. The Morgan fingerprint density at radius 2 is 1.64 bits per heavy atom. The molecule has 1 aliphatic rings. The third-order valence-corrected chi connectivity index (χ3v) is 6.52. The number of carboxylic acid groups (broad SMARTS) is 1. The first-order valence-electron chi connectivity index (χ1n) is 13.7. The maximum absolute atomic E-state index is 13.5. The number of nitrogens with zero attached hydrogens (tertiary/aromatic N) is 2. The number of aliphatic carboxylic acids is 1. The van der Waals surface area contributed by atoms with E-state index in [0.717, 1.165) is 37.0 Å². The highest BCUT2D eigenvalue weighted by molar-refractivity contribution is 6.09. The number of nitrogens with one attached hydrogen (secondary N) is 1. The summed E-state index contributed by atoms with van der Waals surface area (Å²) in [5.74, 6) is -2.08. The lowest BCUT2D eigenvalue weighted by molar-refractivity contribution is -0.138. The predicted octanol–water partition coefficient (Wildman–Crippen LogP) is 5.41. The van der Waals surface area contributed by atoms with Gasteiger partial charge in [-0.2, -0.15) is 13.2 Å². The topological polar surface area (TPSA) is 116 Å². The van der Waals surface area contributed by atoms with Gasteiger partial charge in [0.2, 0.25) is 5.91 Å². The van der Waals surface area contributed by atoms with Crippen LogP contribution in [0.15, 0.2) is 42.5 Å². The van der Waals surface area contributed by atoms with Gasteiger partial charge in [0.15, 0.2) is 0 Å². The van der Waals surface area contributed by atoms with Crippen LogP contribution in [-0.4, -0.2) is 59.1 Å². The molecule has 228 valence electrons. The van der Waals surface area contributed by atoms with Crippen molar-refractivity contribution in [3.8, 4) is 0 Å². The van der Waals surface area contributed by atoms with Crippen molar-refractivity contribution < 1.29 is 42.2 Å². The van der Waals surface area contributed by atoms with E-state index < -0.39 is 41.2 Å². The molecular formula is C30H36F3N3O6. The van der Waals surface area contributed by atoms with Crippen molar-refractivity contribution in [1.29, 1.82) is 0 Å². The van der Waals surface area contributed by atoms with Crippen LogP contribution < -0.4 is 10.2 Å². The number of alkyl halides is 3. The summed E-state index contributed by atoms with van der Waals surface area (Å²) in [6.45, 7) is 5.22. The van der Waals surface area contributed by atoms with Crippen molar-refractivity contribution >= 4 is 29.6 Å². The van der Waals surface area contributed by atoms with E-state index >= 15 is 0 Å². The molecule has 0 saturated carbocycles. The van der Waals surface area contributed by atoms with E-state index in [1.807, 2.05) is 0 Å². The van der Waals surface area contributed by atoms with Crippen LogP contribution in [0.25, 0.3) is 0 Å². The highest BCUT2D eigenvalue weighted by Gasteiger charge is 2.33. The number of aryl methyl sites for hydroxylation is 1. The average molecular weight is 592 g/mol. The second kappa shape index (κ2) is 13.7. The molecule has 0 radical (unpaired) electrons. The Morgan fingerprint density at radius 3 is 2.26 bits per heavy atom. The van der Waals surface area contributed by atoms with Gasteiger partial charge in [0.05, 0.1) is 29.8 Å². The summed E-state index contributed by atoms with van der Waals surface area (Å²) < 4.78 is 44.2. The zero-order chi connectivity index (χ0) is 31.1. The Kier molecular flexibility index (Phi) is 10.6. The average Bonchev–Trinajstić information content (AvgIpc) is 2.98. The van der Waals surface area contributed by atoms with Crippen molar-refractivity contribution in [2.24, 2.45) is 0 Å². The van der Waals surface area contributed by atoms with Crippen molar-refractivity contribution in [2.75, 3.05) is 24.5 Å². The molecule has 2 aromatic carbocycles. The van der Waals surface area contributed by atoms with Gasteiger partial charge in [0, 0.05) is 13.1 Å². The fourth-order valence-electron chi connectivity index (χ4n) is 4.47. The Morgan fingerprint density at radius 1 is 0.976 bits per heavy atom. The summed E-state index contributed by atoms with van der Waals surface area (Å²) in [6, 6.07) is 9.58. The summed E-state index contributed by atoms with van der Waals surface area (Å²) in [5, 5.41) is 11.8. The molecule has 0 atom stereocenters.